The number of nitrogens with zero attached hydrogens (tertiary/aromatic N) is 2. The highest BCUT2D eigenvalue weighted by molar-refractivity contribution is 5.98. The molecule has 138 valence electrons. The molecule has 2 N–H and O–H groups in total. The van der Waals surface area contributed by atoms with Gasteiger partial charge in [-0.15, -0.1) is 0 Å². The molecule has 0 spiro atoms. The number of rotatable bonds is 7. The van der Waals surface area contributed by atoms with Crippen LogP contribution in [0.1, 0.15) is 35.2 Å². The van der Waals surface area contributed by atoms with Gasteiger partial charge < -0.3 is 15.5 Å². The predicted molar refractivity (Wildman–Crippen MR) is 105 cm³/mol. The topological polar surface area (TPSA) is 57.3 Å². The van der Waals surface area contributed by atoms with Crippen molar-refractivity contribution < 1.29 is 4.79 Å². The van der Waals surface area contributed by atoms with Gasteiger partial charge in [0, 0.05) is 25.8 Å². The maximum absolute atomic E-state index is 12.0. The van der Waals surface area contributed by atoms with Gasteiger partial charge in [-0.05, 0) is 56.5 Å². The minimum atomic E-state index is -0.101. The lowest BCUT2D eigenvalue weighted by Crippen LogP contribution is -2.43. The molecule has 5 nitrogen and oxygen atoms in total. The second-order valence-corrected chi connectivity index (χ2v) is 6.85. The van der Waals surface area contributed by atoms with Gasteiger partial charge in [0.1, 0.15) is 5.82 Å². The third-order valence-electron chi connectivity index (χ3n) is 4.91. The van der Waals surface area contributed by atoms with Gasteiger partial charge in [0.25, 0.3) is 5.91 Å². The van der Waals surface area contributed by atoms with Crippen LogP contribution in [0.3, 0.4) is 0 Å². The van der Waals surface area contributed by atoms with E-state index in [1.165, 1.54) is 18.4 Å². The summed E-state index contributed by atoms with van der Waals surface area (Å²) in [5, 5.41) is 6.17. The van der Waals surface area contributed by atoms with Crippen LogP contribution in [-0.2, 0) is 6.42 Å². The Bertz CT molecular complexity index is 704. The maximum atomic E-state index is 12.0. The van der Waals surface area contributed by atoms with Crippen LogP contribution < -0.4 is 10.6 Å². The highest BCUT2D eigenvalue weighted by Gasteiger charge is 2.21. The summed E-state index contributed by atoms with van der Waals surface area (Å²) in [5.74, 6) is 0.583. The fourth-order valence-electron chi connectivity index (χ4n) is 3.56. The standard InChI is InChI=1S/C21H28N4O/c1-22-21(26)19-12-5-13-23-20(19)24-18-11-7-15-25(16-18)14-6-10-17-8-3-2-4-9-17/h2-5,8-9,12-13,18H,6-7,10-11,14-16H2,1H3,(H,22,26)(H,23,24)/t18-/m1/s1. The van der Waals surface area contributed by atoms with Gasteiger partial charge in [-0.3, -0.25) is 4.79 Å². The number of likely N-dealkylation sites (tertiary alicyclic amines) is 1. The van der Waals surface area contributed by atoms with Crippen LogP contribution in [0.15, 0.2) is 48.7 Å². The Morgan fingerprint density at radius 2 is 2.08 bits per heavy atom. The number of amides is 1. The zero-order valence-electron chi connectivity index (χ0n) is 15.4. The average Bonchev–Trinajstić information content (AvgIpc) is 2.69. The first-order valence-electron chi connectivity index (χ1n) is 9.46. The lowest BCUT2D eigenvalue weighted by Gasteiger charge is -2.33. The van der Waals surface area contributed by atoms with Gasteiger partial charge >= 0.3 is 0 Å². The van der Waals surface area contributed by atoms with E-state index in [1.54, 1.807) is 19.3 Å². The summed E-state index contributed by atoms with van der Waals surface area (Å²) in [4.78, 5) is 18.9. The lowest BCUT2D eigenvalue weighted by atomic mass is 10.0. The zero-order valence-corrected chi connectivity index (χ0v) is 15.4. The summed E-state index contributed by atoms with van der Waals surface area (Å²) in [6, 6.07) is 14.6. The largest absolute Gasteiger partial charge is 0.365 e. The number of benzene rings is 1. The number of carbonyl (C=O) groups excluding carboxylic acids is 1. The van der Waals surface area contributed by atoms with Crippen molar-refractivity contribution in [3.05, 3.63) is 59.8 Å². The molecule has 0 bridgehead atoms. The fraction of sp³-hybridized carbons (Fsp3) is 0.429. The van der Waals surface area contributed by atoms with E-state index in [1.807, 2.05) is 6.07 Å². The van der Waals surface area contributed by atoms with Crippen LogP contribution in [0.25, 0.3) is 0 Å². The summed E-state index contributed by atoms with van der Waals surface area (Å²) >= 11 is 0. The first-order chi connectivity index (χ1) is 12.8. The minimum absolute atomic E-state index is 0.101. The first-order valence-corrected chi connectivity index (χ1v) is 9.46. The van der Waals surface area contributed by atoms with Crippen LogP contribution in [0.5, 0.6) is 0 Å². The van der Waals surface area contributed by atoms with E-state index < -0.39 is 0 Å². The molecule has 3 rings (SSSR count). The van der Waals surface area contributed by atoms with Crippen molar-refractivity contribution in [2.24, 2.45) is 0 Å². The molecule has 1 aromatic carbocycles. The Hall–Kier alpha value is -2.40. The fourth-order valence-corrected chi connectivity index (χ4v) is 3.56. The molecule has 1 fully saturated rings. The van der Waals surface area contributed by atoms with E-state index in [9.17, 15) is 4.79 Å². The molecule has 0 saturated carbocycles. The Balaban J connectivity index is 1.52. The first kappa shape index (κ1) is 18.4. The van der Waals surface area contributed by atoms with Crippen molar-refractivity contribution in [3.63, 3.8) is 0 Å². The normalized spacial score (nSPS) is 17.7. The van der Waals surface area contributed by atoms with Crippen LogP contribution in [-0.4, -0.2) is 48.5 Å². The monoisotopic (exact) mass is 352 g/mol. The smallest absolute Gasteiger partial charge is 0.254 e. The van der Waals surface area contributed by atoms with Gasteiger partial charge in [0.05, 0.1) is 5.56 Å². The number of hydrogen-bond acceptors (Lipinski definition) is 4. The molecule has 26 heavy (non-hydrogen) atoms. The van der Waals surface area contributed by atoms with E-state index in [0.717, 1.165) is 32.5 Å². The van der Waals surface area contributed by atoms with Crippen molar-refractivity contribution in [2.45, 2.75) is 31.7 Å². The molecule has 0 unspecified atom stereocenters. The Kier molecular flexibility index (Phi) is 6.61. The van der Waals surface area contributed by atoms with Crippen molar-refractivity contribution in [3.8, 4) is 0 Å². The van der Waals surface area contributed by atoms with Crippen LogP contribution in [0, 0.1) is 0 Å². The van der Waals surface area contributed by atoms with E-state index in [2.05, 4.69) is 50.8 Å². The summed E-state index contributed by atoms with van der Waals surface area (Å²) in [6.45, 7) is 3.26. The third-order valence-corrected chi connectivity index (χ3v) is 4.91. The second-order valence-electron chi connectivity index (χ2n) is 6.85. The van der Waals surface area contributed by atoms with E-state index in [0.29, 0.717) is 17.4 Å². The van der Waals surface area contributed by atoms with Crippen molar-refractivity contribution in [1.29, 1.82) is 0 Å². The van der Waals surface area contributed by atoms with Gasteiger partial charge in [-0.25, -0.2) is 4.98 Å². The zero-order chi connectivity index (χ0) is 18.2. The summed E-state index contributed by atoms with van der Waals surface area (Å²) in [7, 11) is 1.65. The summed E-state index contributed by atoms with van der Waals surface area (Å²) < 4.78 is 0. The molecule has 0 radical (unpaired) electrons. The van der Waals surface area contributed by atoms with Crippen LogP contribution >= 0.6 is 0 Å². The summed E-state index contributed by atoms with van der Waals surface area (Å²) in [5.41, 5.74) is 2.01. The van der Waals surface area contributed by atoms with Gasteiger partial charge in [-0.2, -0.15) is 0 Å². The number of aryl methyl sites for hydroxylation is 1. The molecular weight excluding hydrogens is 324 g/mol. The van der Waals surface area contributed by atoms with E-state index in [4.69, 9.17) is 0 Å². The Labute approximate surface area is 155 Å². The highest BCUT2D eigenvalue weighted by atomic mass is 16.1. The molecule has 1 saturated heterocycles. The minimum Gasteiger partial charge on any atom is -0.365 e. The van der Waals surface area contributed by atoms with Crippen LogP contribution in [0.2, 0.25) is 0 Å². The average molecular weight is 352 g/mol. The molecule has 1 aromatic heterocycles. The Morgan fingerprint density at radius 3 is 2.88 bits per heavy atom. The van der Waals surface area contributed by atoms with Gasteiger partial charge in [-0.1, -0.05) is 30.3 Å². The molecule has 1 atom stereocenters. The highest BCUT2D eigenvalue weighted by Crippen LogP contribution is 2.18. The molecule has 1 aliphatic rings. The molecule has 1 aliphatic heterocycles. The van der Waals surface area contributed by atoms with Gasteiger partial charge in [0.15, 0.2) is 0 Å². The molecular formula is C21H28N4O. The molecule has 5 heteroatoms. The van der Waals surface area contributed by atoms with E-state index in [-0.39, 0.29) is 5.91 Å². The van der Waals surface area contributed by atoms with Crippen molar-refractivity contribution >= 4 is 11.7 Å². The number of pyridine rings is 1. The lowest BCUT2D eigenvalue weighted by molar-refractivity contribution is 0.0963. The SMILES string of the molecule is CNC(=O)c1cccnc1N[C@@H]1CCCN(CCCc2ccccc2)C1. The van der Waals surface area contributed by atoms with E-state index >= 15 is 0 Å². The predicted octanol–water partition coefficient (Wildman–Crippen LogP) is 2.95. The summed E-state index contributed by atoms with van der Waals surface area (Å²) in [6.07, 6.45) is 6.31. The molecule has 2 heterocycles. The number of hydrogen-bond donors (Lipinski definition) is 2. The van der Waals surface area contributed by atoms with Crippen molar-refractivity contribution in [2.75, 3.05) is 32.0 Å². The quantitative estimate of drug-likeness (QED) is 0.804. The number of piperidine rings is 1. The molecule has 0 aliphatic carbocycles. The maximum Gasteiger partial charge on any atom is 0.254 e. The number of aromatic nitrogens is 1. The molecule has 2 aromatic rings. The third kappa shape index (κ3) is 5.05. The van der Waals surface area contributed by atoms with Gasteiger partial charge in [0.2, 0.25) is 0 Å². The van der Waals surface area contributed by atoms with Crippen LogP contribution in [0.4, 0.5) is 5.82 Å². The molecule has 1 amide bonds. The number of nitrogens with one attached hydrogen (secondary N) is 2. The number of carbonyl (C=O) groups is 1. The van der Waals surface area contributed by atoms with Crippen molar-refractivity contribution in [1.82, 2.24) is 15.2 Å². The second kappa shape index (κ2) is 9.34. The Morgan fingerprint density at radius 1 is 1.23 bits per heavy atom. The number of anilines is 1.